The minimum Gasteiger partial charge on any atom is -0.352 e. The normalized spacial score (nSPS) is 12.1. The molecule has 1 aromatic rings. The Morgan fingerprint density at radius 2 is 1.84 bits per heavy atom. The molecule has 0 aliphatic heterocycles. The molecule has 19 heavy (non-hydrogen) atoms. The lowest BCUT2D eigenvalue weighted by Gasteiger charge is -2.16. The highest BCUT2D eigenvalue weighted by Crippen LogP contribution is 2.19. The van der Waals surface area contributed by atoms with Crippen LogP contribution in [0.25, 0.3) is 0 Å². The summed E-state index contributed by atoms with van der Waals surface area (Å²) >= 11 is 10.1. The van der Waals surface area contributed by atoms with E-state index >= 15 is 0 Å². The number of carbonyl (C=O) groups excluding carboxylic acids is 2. The van der Waals surface area contributed by atoms with Gasteiger partial charge in [0.2, 0.25) is 5.91 Å². The smallest absolute Gasteiger partial charge is 0.253 e. The Labute approximate surface area is 123 Å². The van der Waals surface area contributed by atoms with Gasteiger partial charge in [-0.3, -0.25) is 9.59 Å². The Bertz CT molecular complexity index is 492. The second kappa shape index (κ2) is 6.82. The van der Waals surface area contributed by atoms with Crippen molar-refractivity contribution in [1.29, 1.82) is 0 Å². The maximum atomic E-state index is 12.0. The van der Waals surface area contributed by atoms with Crippen LogP contribution in [0.2, 0.25) is 5.02 Å². The number of thiol groups is 1. The highest BCUT2D eigenvalue weighted by molar-refractivity contribution is 7.80. The van der Waals surface area contributed by atoms with Crippen LogP contribution in [0.3, 0.4) is 0 Å². The third-order valence-corrected chi connectivity index (χ3v) is 2.97. The fourth-order valence-corrected chi connectivity index (χ4v) is 1.84. The van der Waals surface area contributed by atoms with Crippen molar-refractivity contribution in [1.82, 2.24) is 10.6 Å². The lowest BCUT2D eigenvalue weighted by molar-refractivity contribution is -0.123. The summed E-state index contributed by atoms with van der Waals surface area (Å²) in [6, 6.07) is 4.24. The van der Waals surface area contributed by atoms with Gasteiger partial charge in [-0.25, -0.2) is 0 Å². The maximum Gasteiger partial charge on any atom is 0.253 e. The number of rotatable bonds is 4. The summed E-state index contributed by atoms with van der Waals surface area (Å²) in [5.74, 6) is -0.631. The molecule has 0 aliphatic carbocycles. The van der Waals surface area contributed by atoms with E-state index in [1.54, 1.807) is 25.1 Å². The summed E-state index contributed by atoms with van der Waals surface area (Å²) in [7, 11) is 0. The van der Waals surface area contributed by atoms with Gasteiger partial charge in [0.15, 0.2) is 0 Å². The number of amides is 2. The van der Waals surface area contributed by atoms with E-state index in [1.807, 2.05) is 13.8 Å². The third-order valence-electron chi connectivity index (χ3n) is 2.37. The molecule has 1 atom stereocenters. The van der Waals surface area contributed by atoms with Crippen LogP contribution < -0.4 is 10.6 Å². The molecule has 1 unspecified atom stereocenters. The number of benzene rings is 1. The van der Waals surface area contributed by atoms with Crippen molar-refractivity contribution in [2.45, 2.75) is 37.8 Å². The minimum absolute atomic E-state index is 0.0243. The second-order valence-corrected chi connectivity index (χ2v) is 5.45. The van der Waals surface area contributed by atoms with E-state index in [9.17, 15) is 9.59 Å². The lowest BCUT2D eigenvalue weighted by Crippen LogP contribution is -2.46. The Kier molecular flexibility index (Phi) is 5.69. The monoisotopic (exact) mass is 300 g/mol. The van der Waals surface area contributed by atoms with Gasteiger partial charge in [-0.05, 0) is 39.0 Å². The van der Waals surface area contributed by atoms with Crippen LogP contribution in [0.1, 0.15) is 31.1 Å². The zero-order chi connectivity index (χ0) is 14.6. The average Bonchev–Trinajstić information content (AvgIpc) is 2.31. The van der Waals surface area contributed by atoms with Gasteiger partial charge < -0.3 is 10.6 Å². The summed E-state index contributed by atoms with van der Waals surface area (Å²) in [5.41, 5.74) is 0.304. The molecule has 2 amide bonds. The van der Waals surface area contributed by atoms with Crippen molar-refractivity contribution in [3.8, 4) is 0 Å². The number of hydrogen-bond acceptors (Lipinski definition) is 3. The molecule has 0 saturated heterocycles. The minimum atomic E-state index is -0.630. The van der Waals surface area contributed by atoms with Crippen molar-refractivity contribution >= 4 is 36.0 Å². The molecule has 1 aromatic carbocycles. The van der Waals surface area contributed by atoms with Crippen LogP contribution >= 0.6 is 24.2 Å². The number of nitrogens with one attached hydrogen (secondary N) is 2. The van der Waals surface area contributed by atoms with Gasteiger partial charge in [-0.2, -0.15) is 0 Å². The zero-order valence-corrected chi connectivity index (χ0v) is 12.7. The van der Waals surface area contributed by atoms with Crippen LogP contribution in [0.4, 0.5) is 0 Å². The standard InChI is InChI=1S/C13H17ClN2O2S/c1-7(2)15-12(17)8(3)16-13(18)10-6-9(19)4-5-11(10)14/h4-8,19H,1-3H3,(H,15,17)(H,16,18). The molecule has 0 bridgehead atoms. The predicted octanol–water partition coefficient (Wildman–Crippen LogP) is 2.27. The molecule has 2 N–H and O–H groups in total. The fraction of sp³-hybridized carbons (Fsp3) is 0.385. The maximum absolute atomic E-state index is 12.0. The van der Waals surface area contributed by atoms with Crippen LogP contribution in [-0.4, -0.2) is 23.9 Å². The Hall–Kier alpha value is -1.20. The Morgan fingerprint density at radius 1 is 1.21 bits per heavy atom. The molecule has 104 valence electrons. The summed E-state index contributed by atoms with van der Waals surface area (Å²) < 4.78 is 0. The topological polar surface area (TPSA) is 58.2 Å². The summed E-state index contributed by atoms with van der Waals surface area (Å²) in [6.07, 6.45) is 0. The molecular weight excluding hydrogens is 284 g/mol. The van der Waals surface area contributed by atoms with Gasteiger partial charge in [0, 0.05) is 10.9 Å². The van der Waals surface area contributed by atoms with Crippen molar-refractivity contribution < 1.29 is 9.59 Å². The molecule has 1 rings (SSSR count). The van der Waals surface area contributed by atoms with Gasteiger partial charge in [0.1, 0.15) is 6.04 Å². The van der Waals surface area contributed by atoms with Crippen molar-refractivity contribution in [3.05, 3.63) is 28.8 Å². The predicted molar refractivity (Wildman–Crippen MR) is 78.9 cm³/mol. The molecule has 0 aromatic heterocycles. The van der Waals surface area contributed by atoms with E-state index in [2.05, 4.69) is 23.3 Å². The molecule has 0 spiro atoms. The number of carbonyl (C=O) groups is 2. The quantitative estimate of drug-likeness (QED) is 0.747. The van der Waals surface area contributed by atoms with Crippen LogP contribution in [0, 0.1) is 0 Å². The first kappa shape index (κ1) is 15.9. The Morgan fingerprint density at radius 3 is 2.42 bits per heavy atom. The average molecular weight is 301 g/mol. The fourth-order valence-electron chi connectivity index (χ4n) is 1.44. The van der Waals surface area contributed by atoms with E-state index in [1.165, 1.54) is 0 Å². The van der Waals surface area contributed by atoms with E-state index in [4.69, 9.17) is 11.6 Å². The first-order valence-corrected chi connectivity index (χ1v) is 6.73. The molecule has 0 fully saturated rings. The van der Waals surface area contributed by atoms with Crippen molar-refractivity contribution in [3.63, 3.8) is 0 Å². The van der Waals surface area contributed by atoms with Gasteiger partial charge in [0.25, 0.3) is 5.91 Å². The van der Waals surface area contributed by atoms with Gasteiger partial charge in [-0.15, -0.1) is 12.6 Å². The van der Waals surface area contributed by atoms with Crippen LogP contribution in [0.15, 0.2) is 23.1 Å². The van der Waals surface area contributed by atoms with Crippen LogP contribution in [-0.2, 0) is 4.79 Å². The highest BCUT2D eigenvalue weighted by atomic mass is 35.5. The largest absolute Gasteiger partial charge is 0.352 e. The third kappa shape index (κ3) is 4.76. The number of hydrogen-bond donors (Lipinski definition) is 3. The molecule has 4 nitrogen and oxygen atoms in total. The van der Waals surface area contributed by atoms with E-state index < -0.39 is 11.9 Å². The molecule has 0 heterocycles. The number of halogens is 1. The van der Waals surface area contributed by atoms with E-state index in [0.29, 0.717) is 15.5 Å². The SMILES string of the molecule is CC(C)NC(=O)C(C)NC(=O)c1cc(S)ccc1Cl. The van der Waals surface area contributed by atoms with Crippen LogP contribution in [0.5, 0.6) is 0 Å². The first-order chi connectivity index (χ1) is 8.81. The Balaban J connectivity index is 2.74. The summed E-state index contributed by atoms with van der Waals surface area (Å²) in [5, 5.41) is 5.65. The van der Waals surface area contributed by atoms with E-state index in [0.717, 1.165) is 0 Å². The summed E-state index contributed by atoms with van der Waals surface area (Å²) in [4.78, 5) is 24.3. The van der Waals surface area contributed by atoms with Gasteiger partial charge >= 0.3 is 0 Å². The van der Waals surface area contributed by atoms with E-state index in [-0.39, 0.29) is 11.9 Å². The second-order valence-electron chi connectivity index (χ2n) is 4.52. The molecule has 0 aliphatic rings. The zero-order valence-electron chi connectivity index (χ0n) is 11.0. The molecule has 0 saturated carbocycles. The summed E-state index contributed by atoms with van der Waals surface area (Å²) in [6.45, 7) is 5.33. The van der Waals surface area contributed by atoms with Crippen molar-refractivity contribution in [2.75, 3.05) is 0 Å². The van der Waals surface area contributed by atoms with Crippen molar-refractivity contribution in [2.24, 2.45) is 0 Å². The first-order valence-electron chi connectivity index (χ1n) is 5.91. The molecular formula is C13H17ClN2O2S. The molecule has 6 heteroatoms. The van der Waals surface area contributed by atoms with Gasteiger partial charge in [-0.1, -0.05) is 11.6 Å². The molecule has 0 radical (unpaired) electrons. The lowest BCUT2D eigenvalue weighted by atomic mass is 10.2. The highest BCUT2D eigenvalue weighted by Gasteiger charge is 2.18. The van der Waals surface area contributed by atoms with Gasteiger partial charge in [0.05, 0.1) is 10.6 Å².